The van der Waals surface area contributed by atoms with E-state index < -0.39 is 0 Å². The van der Waals surface area contributed by atoms with Crippen LogP contribution in [0.1, 0.15) is 11.1 Å². The molecule has 1 nitrogen and oxygen atoms in total. The Morgan fingerprint density at radius 2 is 2.25 bits per heavy atom. The molecule has 64 valence electrons. The van der Waals surface area contributed by atoms with E-state index in [-0.39, 0.29) is 6.61 Å². The van der Waals surface area contributed by atoms with Gasteiger partial charge in [-0.25, -0.2) is 0 Å². The third kappa shape index (κ3) is 2.36. The summed E-state index contributed by atoms with van der Waals surface area (Å²) in [6.45, 7) is 2.03. The predicted octanol–water partition coefficient (Wildman–Crippen LogP) is 2.65. The predicted molar refractivity (Wildman–Crippen MR) is 52.3 cm³/mol. The van der Waals surface area contributed by atoms with Crippen molar-refractivity contribution < 1.29 is 5.11 Å². The fraction of sp³-hybridized carbons (Fsp3) is 0.200. The molecule has 1 aromatic carbocycles. The van der Waals surface area contributed by atoms with Gasteiger partial charge in [0.15, 0.2) is 0 Å². The van der Waals surface area contributed by atoms with E-state index in [0.717, 1.165) is 16.1 Å². The molecule has 2 heteroatoms. The molecule has 1 aromatic rings. The first kappa shape index (κ1) is 9.30. The smallest absolute Gasteiger partial charge is 0.0615 e. The van der Waals surface area contributed by atoms with Gasteiger partial charge in [0.05, 0.1) is 6.61 Å². The van der Waals surface area contributed by atoms with Gasteiger partial charge in [0.2, 0.25) is 0 Å². The van der Waals surface area contributed by atoms with E-state index in [9.17, 15) is 0 Å². The molecule has 0 atom stereocenters. The van der Waals surface area contributed by atoms with Gasteiger partial charge in [0.25, 0.3) is 0 Å². The molecule has 0 fully saturated rings. The highest BCUT2D eigenvalue weighted by atomic mass is 35.5. The second kappa shape index (κ2) is 4.29. The van der Waals surface area contributed by atoms with Crippen molar-refractivity contribution >= 4 is 17.7 Å². The van der Waals surface area contributed by atoms with Gasteiger partial charge >= 0.3 is 0 Å². The van der Waals surface area contributed by atoms with E-state index in [1.165, 1.54) is 0 Å². The summed E-state index contributed by atoms with van der Waals surface area (Å²) < 4.78 is 0. The Bertz CT molecular complexity index is 292. The quantitative estimate of drug-likeness (QED) is 0.746. The van der Waals surface area contributed by atoms with Gasteiger partial charge in [-0.05, 0) is 24.1 Å². The number of aliphatic hydroxyl groups excluding tert-OH is 1. The molecule has 0 spiro atoms. The number of halogens is 1. The lowest BCUT2D eigenvalue weighted by Gasteiger charge is -1.98. The SMILES string of the molecule is Cc1cc(/C=C/CO)ccc1Cl. The summed E-state index contributed by atoms with van der Waals surface area (Å²) in [5.41, 5.74) is 2.11. The van der Waals surface area contributed by atoms with Crippen LogP contribution < -0.4 is 0 Å². The third-order valence-corrected chi connectivity index (χ3v) is 2.02. The summed E-state index contributed by atoms with van der Waals surface area (Å²) in [6.07, 6.45) is 3.56. The number of aryl methyl sites for hydroxylation is 1. The molecule has 0 aliphatic carbocycles. The van der Waals surface area contributed by atoms with Crippen LogP contribution in [0.3, 0.4) is 0 Å². The lowest BCUT2D eigenvalue weighted by Crippen LogP contribution is -1.78. The zero-order chi connectivity index (χ0) is 8.97. The van der Waals surface area contributed by atoms with Crippen LogP contribution in [-0.4, -0.2) is 11.7 Å². The average molecular weight is 183 g/mol. The molecule has 0 heterocycles. The van der Waals surface area contributed by atoms with Crippen LogP contribution in [0.2, 0.25) is 5.02 Å². The molecule has 1 N–H and O–H groups in total. The second-order valence-electron chi connectivity index (χ2n) is 2.59. The number of hydrogen-bond acceptors (Lipinski definition) is 1. The van der Waals surface area contributed by atoms with E-state index in [1.807, 2.05) is 31.2 Å². The molecule has 0 bridgehead atoms. The fourth-order valence-corrected chi connectivity index (χ4v) is 1.08. The first-order chi connectivity index (χ1) is 5.74. The Balaban J connectivity index is 2.89. The van der Waals surface area contributed by atoms with Crippen LogP contribution in [0, 0.1) is 6.92 Å². The maximum Gasteiger partial charge on any atom is 0.0615 e. The zero-order valence-corrected chi connectivity index (χ0v) is 7.67. The highest BCUT2D eigenvalue weighted by Gasteiger charge is 1.93. The van der Waals surface area contributed by atoms with Crippen LogP contribution >= 0.6 is 11.6 Å². The molecule has 1 rings (SSSR count). The van der Waals surface area contributed by atoms with Gasteiger partial charge in [-0.3, -0.25) is 0 Å². The minimum atomic E-state index is 0.0711. The van der Waals surface area contributed by atoms with Crippen LogP contribution in [-0.2, 0) is 0 Å². The van der Waals surface area contributed by atoms with Gasteiger partial charge in [-0.2, -0.15) is 0 Å². The third-order valence-electron chi connectivity index (χ3n) is 1.60. The van der Waals surface area contributed by atoms with Crippen molar-refractivity contribution in [1.29, 1.82) is 0 Å². The highest BCUT2D eigenvalue weighted by Crippen LogP contribution is 2.16. The minimum absolute atomic E-state index is 0.0711. The Morgan fingerprint density at radius 1 is 1.50 bits per heavy atom. The molecular weight excluding hydrogens is 172 g/mol. The van der Waals surface area contributed by atoms with E-state index in [1.54, 1.807) is 6.08 Å². The molecule has 0 aliphatic heterocycles. The molecule has 0 unspecified atom stereocenters. The normalized spacial score (nSPS) is 10.9. The molecule has 0 aromatic heterocycles. The Morgan fingerprint density at radius 3 is 2.83 bits per heavy atom. The minimum Gasteiger partial charge on any atom is -0.392 e. The van der Waals surface area contributed by atoms with Gasteiger partial charge in [0, 0.05) is 5.02 Å². The summed E-state index contributed by atoms with van der Waals surface area (Å²) in [5.74, 6) is 0. The highest BCUT2D eigenvalue weighted by molar-refractivity contribution is 6.31. The summed E-state index contributed by atoms with van der Waals surface area (Å²) in [7, 11) is 0. The molecule has 12 heavy (non-hydrogen) atoms. The molecule has 0 saturated heterocycles. The summed E-state index contributed by atoms with van der Waals surface area (Å²) in [5, 5.41) is 9.31. The Kier molecular flexibility index (Phi) is 3.32. The van der Waals surface area contributed by atoms with Crippen molar-refractivity contribution in [2.24, 2.45) is 0 Å². The molecule has 0 amide bonds. The average Bonchev–Trinajstić information content (AvgIpc) is 2.07. The number of hydrogen-bond donors (Lipinski definition) is 1. The summed E-state index contributed by atoms with van der Waals surface area (Å²) >= 11 is 5.84. The number of benzene rings is 1. The first-order valence-electron chi connectivity index (χ1n) is 3.77. The van der Waals surface area contributed by atoms with Gasteiger partial charge in [-0.1, -0.05) is 35.9 Å². The van der Waals surface area contributed by atoms with Crippen LogP contribution in [0.15, 0.2) is 24.3 Å². The van der Waals surface area contributed by atoms with Crippen molar-refractivity contribution in [3.05, 3.63) is 40.4 Å². The van der Waals surface area contributed by atoms with E-state index in [4.69, 9.17) is 16.7 Å². The number of rotatable bonds is 2. The van der Waals surface area contributed by atoms with E-state index >= 15 is 0 Å². The molecular formula is C10H11ClO. The zero-order valence-electron chi connectivity index (χ0n) is 6.92. The fourth-order valence-electron chi connectivity index (χ4n) is 0.960. The van der Waals surface area contributed by atoms with Gasteiger partial charge in [0.1, 0.15) is 0 Å². The van der Waals surface area contributed by atoms with Crippen molar-refractivity contribution in [3.8, 4) is 0 Å². The van der Waals surface area contributed by atoms with E-state index in [0.29, 0.717) is 0 Å². The van der Waals surface area contributed by atoms with Crippen molar-refractivity contribution in [2.45, 2.75) is 6.92 Å². The lowest BCUT2D eigenvalue weighted by atomic mass is 10.1. The standard InChI is InChI=1S/C10H11ClO/c1-8-7-9(3-2-6-12)4-5-10(8)11/h2-5,7,12H,6H2,1H3/b3-2+. The van der Waals surface area contributed by atoms with Crippen molar-refractivity contribution in [2.75, 3.05) is 6.61 Å². The van der Waals surface area contributed by atoms with E-state index in [2.05, 4.69) is 0 Å². The summed E-state index contributed by atoms with van der Waals surface area (Å²) in [4.78, 5) is 0. The number of aliphatic hydroxyl groups is 1. The van der Waals surface area contributed by atoms with Crippen LogP contribution in [0.5, 0.6) is 0 Å². The van der Waals surface area contributed by atoms with Crippen LogP contribution in [0.4, 0.5) is 0 Å². The second-order valence-corrected chi connectivity index (χ2v) is 3.00. The van der Waals surface area contributed by atoms with Crippen LogP contribution in [0.25, 0.3) is 6.08 Å². The van der Waals surface area contributed by atoms with Crippen molar-refractivity contribution in [3.63, 3.8) is 0 Å². The largest absolute Gasteiger partial charge is 0.392 e. The van der Waals surface area contributed by atoms with Gasteiger partial charge in [-0.15, -0.1) is 0 Å². The Hall–Kier alpha value is -0.790. The first-order valence-corrected chi connectivity index (χ1v) is 4.15. The Labute approximate surface area is 77.3 Å². The maximum atomic E-state index is 8.54. The monoisotopic (exact) mass is 182 g/mol. The maximum absolute atomic E-state index is 8.54. The molecule has 0 saturated carbocycles. The summed E-state index contributed by atoms with van der Waals surface area (Å²) in [6, 6.07) is 5.75. The molecule has 0 aliphatic rings. The topological polar surface area (TPSA) is 20.2 Å². The van der Waals surface area contributed by atoms with Crippen molar-refractivity contribution in [1.82, 2.24) is 0 Å². The lowest BCUT2D eigenvalue weighted by molar-refractivity contribution is 0.343. The molecule has 0 radical (unpaired) electrons. The van der Waals surface area contributed by atoms with Gasteiger partial charge < -0.3 is 5.11 Å².